The molecule has 5 nitrogen and oxygen atoms in total. The minimum absolute atomic E-state index is 0.0352. The van der Waals surface area contributed by atoms with Gasteiger partial charge in [0.05, 0.1) is 12.2 Å². The first kappa shape index (κ1) is 10.9. The zero-order chi connectivity index (χ0) is 11.7. The van der Waals surface area contributed by atoms with Crippen LogP contribution >= 0.6 is 0 Å². The van der Waals surface area contributed by atoms with Crippen molar-refractivity contribution in [1.82, 2.24) is 0 Å². The smallest absolute Gasteiger partial charge is 0.122 e. The minimum Gasteiger partial charge on any atom is -0.389 e. The van der Waals surface area contributed by atoms with Crippen molar-refractivity contribution in [3.05, 3.63) is 29.8 Å². The lowest BCUT2D eigenvalue weighted by Gasteiger charge is -2.17. The van der Waals surface area contributed by atoms with E-state index in [0.29, 0.717) is 18.7 Å². The van der Waals surface area contributed by atoms with Crippen molar-refractivity contribution in [2.75, 3.05) is 18.0 Å². The van der Waals surface area contributed by atoms with E-state index in [1.807, 2.05) is 17.0 Å². The number of rotatable bonds is 2. The molecule has 5 heteroatoms. The van der Waals surface area contributed by atoms with Crippen LogP contribution in [0, 0.1) is 5.41 Å². The SMILES string of the molecule is N=C(N)c1ccc(N2CC(O)C(O)C2)cc1. The maximum Gasteiger partial charge on any atom is 0.122 e. The van der Waals surface area contributed by atoms with E-state index in [2.05, 4.69) is 0 Å². The maximum atomic E-state index is 9.43. The Kier molecular flexibility index (Phi) is 2.80. The predicted octanol–water partition coefficient (Wildman–Crippen LogP) is -0.488. The molecular weight excluding hydrogens is 206 g/mol. The second-order valence-corrected chi connectivity index (χ2v) is 4.00. The molecule has 1 aromatic carbocycles. The van der Waals surface area contributed by atoms with Crippen LogP contribution in [-0.4, -0.2) is 41.3 Å². The molecule has 0 spiro atoms. The largest absolute Gasteiger partial charge is 0.389 e. The molecule has 2 atom stereocenters. The quantitative estimate of drug-likeness (QED) is 0.400. The molecule has 0 radical (unpaired) electrons. The first-order chi connectivity index (χ1) is 7.58. The molecule has 0 bridgehead atoms. The van der Waals surface area contributed by atoms with Gasteiger partial charge < -0.3 is 20.8 Å². The second kappa shape index (κ2) is 4.11. The summed E-state index contributed by atoms with van der Waals surface area (Å²) >= 11 is 0. The summed E-state index contributed by atoms with van der Waals surface area (Å²) in [6.45, 7) is 0.862. The van der Waals surface area contributed by atoms with E-state index in [9.17, 15) is 10.2 Å². The molecule has 2 unspecified atom stereocenters. The molecule has 86 valence electrons. The summed E-state index contributed by atoms with van der Waals surface area (Å²) in [6.07, 6.45) is -1.38. The summed E-state index contributed by atoms with van der Waals surface area (Å²) in [5.74, 6) is 0.0352. The molecule has 0 saturated carbocycles. The summed E-state index contributed by atoms with van der Waals surface area (Å²) in [7, 11) is 0. The number of aliphatic hydroxyl groups is 2. The zero-order valence-electron chi connectivity index (χ0n) is 8.80. The number of benzene rings is 1. The third-order valence-electron chi connectivity index (χ3n) is 2.80. The van der Waals surface area contributed by atoms with E-state index in [4.69, 9.17) is 11.1 Å². The molecular formula is C11H15N3O2. The van der Waals surface area contributed by atoms with Crippen LogP contribution in [-0.2, 0) is 0 Å². The molecule has 1 aliphatic heterocycles. The molecule has 1 aliphatic rings. The Morgan fingerprint density at radius 1 is 1.19 bits per heavy atom. The minimum atomic E-state index is -0.688. The van der Waals surface area contributed by atoms with Gasteiger partial charge in [-0.25, -0.2) is 0 Å². The highest BCUT2D eigenvalue weighted by atomic mass is 16.3. The number of aliphatic hydroxyl groups excluding tert-OH is 2. The topological polar surface area (TPSA) is 93.6 Å². The number of amidine groups is 1. The van der Waals surface area contributed by atoms with Gasteiger partial charge in [-0.2, -0.15) is 0 Å². The molecule has 1 fully saturated rings. The third-order valence-corrected chi connectivity index (χ3v) is 2.80. The molecule has 1 heterocycles. The van der Waals surface area contributed by atoms with Gasteiger partial charge in [-0.1, -0.05) is 0 Å². The zero-order valence-corrected chi connectivity index (χ0v) is 8.80. The molecule has 5 N–H and O–H groups in total. The van der Waals surface area contributed by atoms with Gasteiger partial charge in [0, 0.05) is 24.3 Å². The van der Waals surface area contributed by atoms with Crippen molar-refractivity contribution in [2.24, 2.45) is 5.73 Å². The summed E-state index contributed by atoms with van der Waals surface area (Å²) in [6, 6.07) is 7.19. The maximum absolute atomic E-state index is 9.43. The summed E-state index contributed by atoms with van der Waals surface area (Å²) < 4.78 is 0. The van der Waals surface area contributed by atoms with Crippen LogP contribution in [0.2, 0.25) is 0 Å². The van der Waals surface area contributed by atoms with Crippen molar-refractivity contribution in [3.63, 3.8) is 0 Å². The third kappa shape index (κ3) is 2.00. The normalized spacial score (nSPS) is 24.8. The Bertz CT molecular complexity index is 381. The fourth-order valence-corrected chi connectivity index (χ4v) is 1.83. The highest BCUT2D eigenvalue weighted by molar-refractivity contribution is 5.95. The molecule has 1 saturated heterocycles. The van der Waals surface area contributed by atoms with Crippen LogP contribution in [0.25, 0.3) is 0 Å². The van der Waals surface area contributed by atoms with E-state index >= 15 is 0 Å². The first-order valence-corrected chi connectivity index (χ1v) is 5.13. The van der Waals surface area contributed by atoms with Crippen LogP contribution in [0.5, 0.6) is 0 Å². The van der Waals surface area contributed by atoms with E-state index in [1.54, 1.807) is 12.1 Å². The van der Waals surface area contributed by atoms with Gasteiger partial charge in [0.2, 0.25) is 0 Å². The van der Waals surface area contributed by atoms with Crippen molar-refractivity contribution in [1.29, 1.82) is 5.41 Å². The van der Waals surface area contributed by atoms with Crippen LogP contribution in [0.3, 0.4) is 0 Å². The van der Waals surface area contributed by atoms with Gasteiger partial charge in [-0.3, -0.25) is 5.41 Å². The van der Waals surface area contributed by atoms with E-state index in [0.717, 1.165) is 5.69 Å². The van der Waals surface area contributed by atoms with Gasteiger partial charge in [-0.05, 0) is 24.3 Å². The highest BCUT2D eigenvalue weighted by Crippen LogP contribution is 2.20. The van der Waals surface area contributed by atoms with Crippen LogP contribution < -0.4 is 10.6 Å². The summed E-state index contributed by atoms with van der Waals surface area (Å²) in [4.78, 5) is 1.90. The Morgan fingerprint density at radius 2 is 1.69 bits per heavy atom. The Labute approximate surface area is 93.6 Å². The van der Waals surface area contributed by atoms with Crippen LogP contribution in [0.4, 0.5) is 5.69 Å². The first-order valence-electron chi connectivity index (χ1n) is 5.13. The molecule has 2 rings (SSSR count). The van der Waals surface area contributed by atoms with Gasteiger partial charge in [-0.15, -0.1) is 0 Å². The molecule has 16 heavy (non-hydrogen) atoms. The lowest BCUT2D eigenvalue weighted by molar-refractivity contribution is 0.0572. The van der Waals surface area contributed by atoms with Crippen LogP contribution in [0.15, 0.2) is 24.3 Å². The second-order valence-electron chi connectivity index (χ2n) is 4.00. The van der Waals surface area contributed by atoms with E-state index in [-0.39, 0.29) is 5.84 Å². The van der Waals surface area contributed by atoms with E-state index in [1.165, 1.54) is 0 Å². The van der Waals surface area contributed by atoms with Gasteiger partial charge in [0.15, 0.2) is 0 Å². The number of hydrogen-bond acceptors (Lipinski definition) is 4. The number of β-amino-alcohol motifs (C(OH)–C–C–N with tert-alkyl or cyclic N) is 2. The molecule has 0 aromatic heterocycles. The van der Waals surface area contributed by atoms with E-state index < -0.39 is 12.2 Å². The van der Waals surface area contributed by atoms with Crippen molar-refractivity contribution < 1.29 is 10.2 Å². The lowest BCUT2D eigenvalue weighted by atomic mass is 10.2. The molecule has 0 amide bonds. The van der Waals surface area contributed by atoms with Crippen molar-refractivity contribution in [3.8, 4) is 0 Å². The number of nitrogen functional groups attached to an aromatic ring is 1. The Balaban J connectivity index is 2.14. The number of hydrogen-bond donors (Lipinski definition) is 4. The monoisotopic (exact) mass is 221 g/mol. The summed E-state index contributed by atoms with van der Waals surface area (Å²) in [5.41, 5.74) is 6.94. The Morgan fingerprint density at radius 3 is 2.12 bits per heavy atom. The highest BCUT2D eigenvalue weighted by Gasteiger charge is 2.29. The number of nitrogens with one attached hydrogen (secondary N) is 1. The average Bonchev–Trinajstić information content (AvgIpc) is 2.59. The fraction of sp³-hybridized carbons (Fsp3) is 0.364. The van der Waals surface area contributed by atoms with Gasteiger partial charge in [0.1, 0.15) is 5.84 Å². The number of nitrogens with two attached hydrogens (primary N) is 1. The van der Waals surface area contributed by atoms with Gasteiger partial charge in [0.25, 0.3) is 0 Å². The molecule has 1 aromatic rings. The van der Waals surface area contributed by atoms with Crippen molar-refractivity contribution >= 4 is 11.5 Å². The fourth-order valence-electron chi connectivity index (χ4n) is 1.83. The Hall–Kier alpha value is -1.59. The predicted molar refractivity (Wildman–Crippen MR) is 61.7 cm³/mol. The standard InChI is InChI=1S/C11H15N3O2/c12-11(13)7-1-3-8(4-2-7)14-5-9(15)10(16)6-14/h1-4,9-10,15-16H,5-6H2,(H3,12,13). The summed E-state index contributed by atoms with van der Waals surface area (Å²) in [5, 5.41) is 26.1. The van der Waals surface area contributed by atoms with Crippen LogP contribution in [0.1, 0.15) is 5.56 Å². The lowest BCUT2D eigenvalue weighted by Crippen LogP contribution is -2.22. The van der Waals surface area contributed by atoms with Gasteiger partial charge >= 0.3 is 0 Å². The van der Waals surface area contributed by atoms with Crippen molar-refractivity contribution in [2.45, 2.75) is 12.2 Å². The molecule has 0 aliphatic carbocycles. The average molecular weight is 221 g/mol. The number of nitrogens with zero attached hydrogens (tertiary/aromatic N) is 1. The number of anilines is 1.